The number of sulfonamides is 1. The van der Waals surface area contributed by atoms with Gasteiger partial charge in [0.2, 0.25) is 10.0 Å². The van der Waals surface area contributed by atoms with E-state index in [1.165, 1.54) is 25.3 Å². The fourth-order valence-electron chi connectivity index (χ4n) is 2.19. The standard InChI is InChI=1S/C16H18FNO3S/c1-12-7-3-4-8-13(12)15(21-2)11-18-22(19,20)16-10-6-5-9-14(16)17/h3-10,15,18H,11H2,1-2H3. The Morgan fingerprint density at radius 1 is 1.14 bits per heavy atom. The predicted molar refractivity (Wildman–Crippen MR) is 82.5 cm³/mol. The summed E-state index contributed by atoms with van der Waals surface area (Å²) in [4.78, 5) is -0.366. The highest BCUT2D eigenvalue weighted by Gasteiger charge is 2.21. The number of ether oxygens (including phenoxy) is 1. The molecule has 2 aromatic carbocycles. The minimum absolute atomic E-state index is 0.0258. The molecular weight excluding hydrogens is 305 g/mol. The molecule has 6 heteroatoms. The largest absolute Gasteiger partial charge is 0.375 e. The Kier molecular flexibility index (Phi) is 5.28. The number of methoxy groups -OCH3 is 1. The molecule has 0 fully saturated rings. The molecule has 0 bridgehead atoms. The Hall–Kier alpha value is -1.76. The van der Waals surface area contributed by atoms with Crippen LogP contribution >= 0.6 is 0 Å². The number of nitrogens with one attached hydrogen (secondary N) is 1. The zero-order valence-corrected chi connectivity index (χ0v) is 13.2. The second-order valence-corrected chi connectivity index (χ2v) is 6.60. The van der Waals surface area contributed by atoms with Crippen LogP contribution in [0.15, 0.2) is 53.4 Å². The van der Waals surface area contributed by atoms with E-state index in [1.54, 1.807) is 0 Å². The van der Waals surface area contributed by atoms with Gasteiger partial charge in [0.1, 0.15) is 10.7 Å². The topological polar surface area (TPSA) is 55.4 Å². The minimum atomic E-state index is -3.92. The third-order valence-electron chi connectivity index (χ3n) is 3.40. The van der Waals surface area contributed by atoms with Gasteiger partial charge in [0.25, 0.3) is 0 Å². The summed E-state index contributed by atoms with van der Waals surface area (Å²) in [5.41, 5.74) is 1.89. The van der Waals surface area contributed by atoms with Crippen molar-refractivity contribution < 1.29 is 17.5 Å². The van der Waals surface area contributed by atoms with Gasteiger partial charge < -0.3 is 4.74 Å². The average molecular weight is 323 g/mol. The maximum Gasteiger partial charge on any atom is 0.243 e. The predicted octanol–water partition coefficient (Wildman–Crippen LogP) is 2.80. The van der Waals surface area contributed by atoms with Crippen molar-refractivity contribution in [3.63, 3.8) is 0 Å². The summed E-state index contributed by atoms with van der Waals surface area (Å²) in [7, 11) is -2.41. The number of rotatable bonds is 6. The molecule has 2 rings (SSSR count). The molecule has 0 aliphatic rings. The molecule has 0 saturated carbocycles. The lowest BCUT2D eigenvalue weighted by molar-refractivity contribution is 0.107. The number of hydrogen-bond acceptors (Lipinski definition) is 3. The fourth-order valence-corrected chi connectivity index (χ4v) is 3.30. The van der Waals surface area contributed by atoms with Gasteiger partial charge in [-0.1, -0.05) is 36.4 Å². The van der Waals surface area contributed by atoms with Gasteiger partial charge in [-0.3, -0.25) is 0 Å². The molecule has 0 saturated heterocycles. The molecule has 0 heterocycles. The number of benzene rings is 2. The Morgan fingerprint density at radius 3 is 2.41 bits per heavy atom. The highest BCUT2D eigenvalue weighted by Crippen LogP contribution is 2.21. The van der Waals surface area contributed by atoms with Crippen molar-refractivity contribution >= 4 is 10.0 Å². The Morgan fingerprint density at radius 2 is 1.77 bits per heavy atom. The highest BCUT2D eigenvalue weighted by molar-refractivity contribution is 7.89. The van der Waals surface area contributed by atoms with Crippen molar-refractivity contribution in [2.45, 2.75) is 17.9 Å². The van der Waals surface area contributed by atoms with Crippen LogP contribution in [0.5, 0.6) is 0 Å². The molecule has 0 aliphatic carbocycles. The molecule has 0 aromatic heterocycles. The van der Waals surface area contributed by atoms with E-state index in [9.17, 15) is 12.8 Å². The number of hydrogen-bond donors (Lipinski definition) is 1. The molecule has 1 unspecified atom stereocenters. The van der Waals surface area contributed by atoms with Gasteiger partial charge in [-0.25, -0.2) is 17.5 Å². The van der Waals surface area contributed by atoms with Crippen molar-refractivity contribution in [1.29, 1.82) is 0 Å². The molecule has 1 N–H and O–H groups in total. The van der Waals surface area contributed by atoms with E-state index in [2.05, 4.69) is 4.72 Å². The first-order valence-corrected chi connectivity index (χ1v) is 8.26. The third-order valence-corrected chi connectivity index (χ3v) is 4.86. The van der Waals surface area contributed by atoms with Crippen molar-refractivity contribution in [3.8, 4) is 0 Å². The van der Waals surface area contributed by atoms with E-state index in [1.807, 2.05) is 31.2 Å². The van der Waals surface area contributed by atoms with E-state index in [0.29, 0.717) is 0 Å². The molecule has 2 aromatic rings. The van der Waals surface area contributed by atoms with Crippen molar-refractivity contribution in [2.24, 2.45) is 0 Å². The van der Waals surface area contributed by atoms with Crippen LogP contribution in [-0.4, -0.2) is 22.1 Å². The molecular formula is C16H18FNO3S. The summed E-state index contributed by atoms with van der Waals surface area (Å²) in [6, 6.07) is 12.8. The van der Waals surface area contributed by atoms with E-state index in [4.69, 9.17) is 4.74 Å². The van der Waals surface area contributed by atoms with Gasteiger partial charge in [-0.15, -0.1) is 0 Å². The second kappa shape index (κ2) is 7.00. The maximum atomic E-state index is 13.6. The molecule has 0 radical (unpaired) electrons. The van der Waals surface area contributed by atoms with E-state index < -0.39 is 21.9 Å². The molecule has 1 atom stereocenters. The van der Waals surface area contributed by atoms with Gasteiger partial charge in [0.15, 0.2) is 0 Å². The first-order valence-electron chi connectivity index (χ1n) is 6.78. The van der Waals surface area contributed by atoms with E-state index in [0.717, 1.165) is 17.2 Å². The fraction of sp³-hybridized carbons (Fsp3) is 0.250. The van der Waals surface area contributed by atoms with Crippen LogP contribution < -0.4 is 4.72 Å². The van der Waals surface area contributed by atoms with Crippen LogP contribution in [0.1, 0.15) is 17.2 Å². The number of aryl methyl sites for hydroxylation is 1. The summed E-state index contributed by atoms with van der Waals surface area (Å²) >= 11 is 0. The van der Waals surface area contributed by atoms with E-state index in [-0.39, 0.29) is 11.4 Å². The summed E-state index contributed by atoms with van der Waals surface area (Å²) in [6.45, 7) is 1.95. The highest BCUT2D eigenvalue weighted by atomic mass is 32.2. The van der Waals surface area contributed by atoms with Gasteiger partial charge >= 0.3 is 0 Å². The molecule has 0 amide bonds. The molecule has 4 nitrogen and oxygen atoms in total. The molecule has 118 valence electrons. The lowest BCUT2D eigenvalue weighted by Crippen LogP contribution is -2.30. The van der Waals surface area contributed by atoms with Gasteiger partial charge in [-0.05, 0) is 30.2 Å². The summed E-state index contributed by atoms with van der Waals surface area (Å²) in [6.07, 6.45) is -0.442. The quantitative estimate of drug-likeness (QED) is 0.889. The zero-order valence-electron chi connectivity index (χ0n) is 12.4. The summed E-state index contributed by atoms with van der Waals surface area (Å²) in [5.74, 6) is -0.778. The van der Waals surface area contributed by atoms with Crippen LogP contribution in [0.25, 0.3) is 0 Å². The normalized spacial score (nSPS) is 13.0. The molecule has 0 aliphatic heterocycles. The smallest absolute Gasteiger partial charge is 0.243 e. The Balaban J connectivity index is 2.17. The van der Waals surface area contributed by atoms with Crippen molar-refractivity contribution in [1.82, 2.24) is 4.72 Å². The first kappa shape index (κ1) is 16.6. The minimum Gasteiger partial charge on any atom is -0.375 e. The third kappa shape index (κ3) is 3.71. The lowest BCUT2D eigenvalue weighted by atomic mass is 10.0. The first-order chi connectivity index (χ1) is 10.5. The van der Waals surface area contributed by atoms with Crippen LogP contribution in [0.3, 0.4) is 0 Å². The van der Waals surface area contributed by atoms with Crippen LogP contribution in [-0.2, 0) is 14.8 Å². The SMILES string of the molecule is COC(CNS(=O)(=O)c1ccccc1F)c1ccccc1C. The number of halogens is 1. The monoisotopic (exact) mass is 323 g/mol. The molecule has 0 spiro atoms. The van der Waals surface area contributed by atoms with Gasteiger partial charge in [-0.2, -0.15) is 0 Å². The average Bonchev–Trinajstić information content (AvgIpc) is 2.49. The summed E-state index contributed by atoms with van der Waals surface area (Å²) < 4.78 is 45.8. The van der Waals surface area contributed by atoms with Crippen LogP contribution in [0, 0.1) is 12.7 Å². The lowest BCUT2D eigenvalue weighted by Gasteiger charge is -2.18. The Bertz CT molecular complexity index is 747. The summed E-state index contributed by atoms with van der Waals surface area (Å²) in [5, 5.41) is 0. The zero-order chi connectivity index (χ0) is 16.2. The Labute approximate surface area is 130 Å². The molecule has 22 heavy (non-hydrogen) atoms. The van der Waals surface area contributed by atoms with E-state index >= 15 is 0 Å². The van der Waals surface area contributed by atoms with Crippen molar-refractivity contribution in [3.05, 3.63) is 65.5 Å². The van der Waals surface area contributed by atoms with Crippen LogP contribution in [0.2, 0.25) is 0 Å². The van der Waals surface area contributed by atoms with Gasteiger partial charge in [0, 0.05) is 13.7 Å². The van der Waals surface area contributed by atoms with Crippen LogP contribution in [0.4, 0.5) is 4.39 Å². The maximum absolute atomic E-state index is 13.6. The van der Waals surface area contributed by atoms with Crippen molar-refractivity contribution in [2.75, 3.05) is 13.7 Å². The second-order valence-electron chi connectivity index (χ2n) is 4.86. The van der Waals surface area contributed by atoms with Gasteiger partial charge in [0.05, 0.1) is 6.10 Å².